The molecule has 0 saturated carbocycles. The van der Waals surface area contributed by atoms with Gasteiger partial charge in [0.2, 0.25) is 0 Å². The molecule has 0 bridgehead atoms. The first kappa shape index (κ1) is 28.3. The number of nitrogens with zero attached hydrogens (tertiary/aromatic N) is 3. The fraction of sp³-hybridized carbons (Fsp3) is 0.321. The number of anilines is 3. The van der Waals surface area contributed by atoms with Gasteiger partial charge in [-0.1, -0.05) is 0 Å². The lowest BCUT2D eigenvalue weighted by atomic mass is 9.98. The van der Waals surface area contributed by atoms with Crippen molar-refractivity contribution in [2.45, 2.75) is 24.9 Å². The van der Waals surface area contributed by atoms with E-state index in [1.165, 1.54) is 12.3 Å². The van der Waals surface area contributed by atoms with Crippen LogP contribution in [0.15, 0.2) is 60.9 Å². The predicted molar refractivity (Wildman–Crippen MR) is 146 cm³/mol. The smallest absolute Gasteiger partial charge is 0.458 e. The molecule has 3 heterocycles. The molecule has 0 radical (unpaired) electrons. The number of likely N-dealkylation sites (tertiary alicyclic amines) is 1. The number of ether oxygens (including phenoxy) is 1. The first-order valence-corrected chi connectivity index (χ1v) is 12.9. The highest BCUT2D eigenvalue weighted by molar-refractivity contribution is 6.08. The molecule has 0 aliphatic carbocycles. The molecule has 4 aromatic rings. The van der Waals surface area contributed by atoms with E-state index in [0.29, 0.717) is 11.8 Å². The molecule has 1 amide bonds. The molecular formula is C28H29F5N6O2. The van der Waals surface area contributed by atoms with Gasteiger partial charge in [0, 0.05) is 30.5 Å². The molecule has 1 aliphatic heterocycles. The number of rotatable bonds is 8. The average molecular weight is 577 g/mol. The standard InChI is InChI=1S/C28H27F5N6O2.H2/c1-39-11-8-17(9-12-39)16-41-24-14-20(6-7-22(24)27(29,30)28(31,32)33)37-26(40)21-3-2-10-34-25(21)36-19-5-4-18-15-35-38-23(18)13-19;/h2-7,10,13-15,17H,8-9,11-12,16H2,1H3,(H,34,36)(H,35,38)(H,37,40);1H. The van der Waals surface area contributed by atoms with Crippen molar-refractivity contribution in [2.75, 3.05) is 37.4 Å². The Balaban J connectivity index is 0.00000405. The van der Waals surface area contributed by atoms with Gasteiger partial charge in [-0.05, 0) is 81.4 Å². The van der Waals surface area contributed by atoms with Crippen molar-refractivity contribution in [3.8, 4) is 5.75 Å². The highest BCUT2D eigenvalue weighted by Gasteiger charge is 2.60. The van der Waals surface area contributed by atoms with Crippen molar-refractivity contribution in [1.29, 1.82) is 0 Å². The van der Waals surface area contributed by atoms with Crippen LogP contribution in [-0.4, -0.2) is 58.9 Å². The van der Waals surface area contributed by atoms with Crippen LogP contribution in [0.5, 0.6) is 5.75 Å². The summed E-state index contributed by atoms with van der Waals surface area (Å²) in [6.07, 6.45) is -1.22. The summed E-state index contributed by atoms with van der Waals surface area (Å²) in [5.41, 5.74) is 0.187. The number of hydrogen-bond donors (Lipinski definition) is 3. The maximum Gasteiger partial charge on any atom is 0.458 e. The number of piperidine rings is 1. The number of nitrogens with one attached hydrogen (secondary N) is 3. The molecule has 3 N–H and O–H groups in total. The Labute approximate surface area is 233 Å². The number of benzene rings is 2. The molecule has 1 saturated heterocycles. The molecule has 41 heavy (non-hydrogen) atoms. The highest BCUT2D eigenvalue weighted by Crippen LogP contribution is 2.48. The predicted octanol–water partition coefficient (Wildman–Crippen LogP) is 6.57. The molecule has 1 fully saturated rings. The molecule has 8 nitrogen and oxygen atoms in total. The van der Waals surface area contributed by atoms with Crippen molar-refractivity contribution < 1.29 is 32.9 Å². The largest absolute Gasteiger partial charge is 0.493 e. The number of pyridine rings is 1. The molecule has 1 aliphatic rings. The molecule has 0 spiro atoms. The summed E-state index contributed by atoms with van der Waals surface area (Å²) < 4.78 is 74.2. The summed E-state index contributed by atoms with van der Waals surface area (Å²) in [7, 11) is 1.95. The lowest BCUT2D eigenvalue weighted by Crippen LogP contribution is -2.35. The summed E-state index contributed by atoms with van der Waals surface area (Å²) >= 11 is 0. The molecule has 0 unspecified atom stereocenters. The number of H-pyrrole nitrogens is 1. The Morgan fingerprint density at radius 3 is 2.61 bits per heavy atom. The maximum absolute atomic E-state index is 14.4. The Hall–Kier alpha value is -4.26. The fourth-order valence-electron chi connectivity index (χ4n) is 4.61. The molecule has 2 aromatic heterocycles. The normalized spacial score (nSPS) is 15.2. The van der Waals surface area contributed by atoms with Crippen molar-refractivity contribution in [3.63, 3.8) is 0 Å². The zero-order valence-electron chi connectivity index (χ0n) is 21.9. The third kappa shape index (κ3) is 6.24. The Morgan fingerprint density at radius 1 is 1.10 bits per heavy atom. The first-order valence-electron chi connectivity index (χ1n) is 12.9. The van der Waals surface area contributed by atoms with Crippen molar-refractivity contribution >= 4 is 34.0 Å². The molecule has 13 heteroatoms. The Morgan fingerprint density at radius 2 is 1.85 bits per heavy atom. The molecular weight excluding hydrogens is 547 g/mol. The molecule has 218 valence electrons. The fourth-order valence-corrected chi connectivity index (χ4v) is 4.61. The average Bonchev–Trinajstić information content (AvgIpc) is 3.40. The SMILES string of the molecule is CN1CCC(COc2cc(NC(=O)c3cccnc3Nc3ccc4cn[nH]c4c3)ccc2C(F)(F)C(F)(F)F)CC1.[HH]. The number of fused-ring (bicyclic) bond motifs is 1. The van der Waals surface area contributed by atoms with Gasteiger partial charge >= 0.3 is 12.1 Å². The maximum atomic E-state index is 14.4. The lowest BCUT2D eigenvalue weighted by Gasteiger charge is -2.29. The minimum Gasteiger partial charge on any atom is -0.493 e. The molecule has 5 rings (SSSR count). The van der Waals surface area contributed by atoms with Crippen LogP contribution in [0.3, 0.4) is 0 Å². The van der Waals surface area contributed by atoms with Crippen molar-refractivity contribution in [3.05, 3.63) is 72.1 Å². The van der Waals surface area contributed by atoms with E-state index in [9.17, 15) is 26.7 Å². The molecule has 0 atom stereocenters. The van der Waals surface area contributed by atoms with Gasteiger partial charge in [-0.2, -0.15) is 27.1 Å². The second kappa shape index (κ2) is 11.3. The summed E-state index contributed by atoms with van der Waals surface area (Å²) in [6, 6.07) is 11.1. The number of hydrogen-bond acceptors (Lipinski definition) is 6. The zero-order valence-corrected chi connectivity index (χ0v) is 21.9. The van der Waals surface area contributed by atoms with E-state index in [2.05, 4.69) is 30.7 Å². The third-order valence-electron chi connectivity index (χ3n) is 7.00. The topological polar surface area (TPSA) is 95.2 Å². The zero-order chi connectivity index (χ0) is 29.2. The van der Waals surface area contributed by atoms with Crippen LogP contribution in [0.4, 0.5) is 39.1 Å². The van der Waals surface area contributed by atoms with Crippen LogP contribution in [0, 0.1) is 5.92 Å². The van der Waals surface area contributed by atoms with Gasteiger partial charge in [0.25, 0.3) is 5.91 Å². The Bertz CT molecular complexity index is 1540. The summed E-state index contributed by atoms with van der Waals surface area (Å²) in [4.78, 5) is 19.5. The third-order valence-corrected chi connectivity index (χ3v) is 7.00. The monoisotopic (exact) mass is 576 g/mol. The van der Waals surface area contributed by atoms with E-state index in [1.54, 1.807) is 24.4 Å². The number of carbonyl (C=O) groups is 1. The number of alkyl halides is 5. The van der Waals surface area contributed by atoms with Crippen LogP contribution < -0.4 is 15.4 Å². The number of amides is 1. The minimum atomic E-state index is -5.82. The van der Waals surface area contributed by atoms with Gasteiger partial charge < -0.3 is 20.3 Å². The summed E-state index contributed by atoms with van der Waals surface area (Å²) in [6.45, 7) is 1.52. The quantitative estimate of drug-likeness (QED) is 0.205. The van der Waals surface area contributed by atoms with Gasteiger partial charge in [-0.3, -0.25) is 9.89 Å². The van der Waals surface area contributed by atoms with E-state index in [1.807, 2.05) is 13.1 Å². The van der Waals surface area contributed by atoms with Crippen LogP contribution in [0.1, 0.15) is 30.2 Å². The van der Waals surface area contributed by atoms with Crippen LogP contribution in [0.25, 0.3) is 10.9 Å². The van der Waals surface area contributed by atoms with Crippen LogP contribution >= 0.6 is 0 Å². The van der Waals surface area contributed by atoms with Gasteiger partial charge in [0.05, 0.1) is 29.4 Å². The number of halogens is 5. The second-order valence-corrected chi connectivity index (χ2v) is 9.99. The van der Waals surface area contributed by atoms with Crippen molar-refractivity contribution in [2.24, 2.45) is 5.92 Å². The van der Waals surface area contributed by atoms with E-state index in [0.717, 1.165) is 49.0 Å². The van der Waals surface area contributed by atoms with E-state index < -0.39 is 29.3 Å². The number of aromatic amines is 1. The minimum absolute atomic E-state index is 0. The highest BCUT2D eigenvalue weighted by atomic mass is 19.4. The second-order valence-electron chi connectivity index (χ2n) is 9.99. The van der Waals surface area contributed by atoms with Gasteiger partial charge in [-0.15, -0.1) is 0 Å². The molecule has 2 aromatic carbocycles. The summed E-state index contributed by atoms with van der Waals surface area (Å²) in [5, 5.41) is 13.3. The van der Waals surface area contributed by atoms with Crippen molar-refractivity contribution in [1.82, 2.24) is 20.1 Å². The van der Waals surface area contributed by atoms with Crippen LogP contribution in [0.2, 0.25) is 0 Å². The van der Waals surface area contributed by atoms with E-state index in [4.69, 9.17) is 4.74 Å². The van der Waals surface area contributed by atoms with Crippen LogP contribution in [-0.2, 0) is 5.92 Å². The number of aromatic nitrogens is 3. The lowest BCUT2D eigenvalue weighted by molar-refractivity contribution is -0.289. The van der Waals surface area contributed by atoms with Gasteiger partial charge in [0.1, 0.15) is 11.6 Å². The number of carbonyl (C=O) groups excluding carboxylic acids is 1. The summed E-state index contributed by atoms with van der Waals surface area (Å²) in [5.74, 6) is -6.22. The van der Waals surface area contributed by atoms with Gasteiger partial charge in [-0.25, -0.2) is 4.98 Å². The van der Waals surface area contributed by atoms with E-state index in [-0.39, 0.29) is 31.0 Å². The van der Waals surface area contributed by atoms with Gasteiger partial charge in [0.15, 0.2) is 0 Å². The Kier molecular flexibility index (Phi) is 7.80. The van der Waals surface area contributed by atoms with E-state index >= 15 is 0 Å². The first-order chi connectivity index (χ1) is 19.5.